The van der Waals surface area contributed by atoms with Gasteiger partial charge in [-0.05, 0) is 49.9 Å². The fourth-order valence-electron chi connectivity index (χ4n) is 2.75. The van der Waals surface area contributed by atoms with E-state index in [1.807, 2.05) is 11.8 Å². The van der Waals surface area contributed by atoms with E-state index in [0.29, 0.717) is 5.41 Å². The molecule has 0 heterocycles. The average Bonchev–Trinajstić information content (AvgIpc) is 3.13. The minimum atomic E-state index is 0.185. The summed E-state index contributed by atoms with van der Waals surface area (Å²) in [5, 5.41) is 0. The van der Waals surface area contributed by atoms with E-state index in [1.54, 1.807) is 0 Å². The van der Waals surface area contributed by atoms with E-state index < -0.39 is 0 Å². The summed E-state index contributed by atoms with van der Waals surface area (Å²) in [5.41, 5.74) is 9.66. The quantitative estimate of drug-likeness (QED) is 0.620. The highest BCUT2D eigenvalue weighted by Crippen LogP contribution is 2.54. The number of hydrogen-bond donors (Lipinski definition) is 1. The van der Waals surface area contributed by atoms with Crippen LogP contribution in [0, 0.1) is 5.41 Å². The van der Waals surface area contributed by atoms with Crippen LogP contribution in [0.4, 0.5) is 0 Å². The van der Waals surface area contributed by atoms with Crippen LogP contribution in [-0.4, -0.2) is 11.0 Å². The first kappa shape index (κ1) is 15.9. The summed E-state index contributed by atoms with van der Waals surface area (Å²) in [4.78, 5) is 0. The monoisotopic (exact) mass is 269 g/mol. The van der Waals surface area contributed by atoms with Crippen molar-refractivity contribution in [3.63, 3.8) is 0 Å². The van der Waals surface area contributed by atoms with Crippen molar-refractivity contribution in [3.05, 3.63) is 11.3 Å². The predicted molar refractivity (Wildman–Crippen MR) is 84.9 cm³/mol. The summed E-state index contributed by atoms with van der Waals surface area (Å²) >= 11 is 1.97. The number of nitrogens with two attached hydrogens (primary N) is 1. The number of rotatable bonds is 8. The maximum atomic E-state index is 6.58. The van der Waals surface area contributed by atoms with Crippen molar-refractivity contribution in [2.45, 2.75) is 77.4 Å². The molecule has 0 spiro atoms. The van der Waals surface area contributed by atoms with Crippen molar-refractivity contribution in [2.24, 2.45) is 11.1 Å². The molecule has 0 saturated heterocycles. The Labute approximate surface area is 118 Å². The Morgan fingerprint density at radius 1 is 1.28 bits per heavy atom. The van der Waals surface area contributed by atoms with Crippen molar-refractivity contribution in [1.82, 2.24) is 0 Å². The zero-order valence-electron chi connectivity index (χ0n) is 12.9. The molecule has 2 N–H and O–H groups in total. The van der Waals surface area contributed by atoms with Gasteiger partial charge in [-0.1, -0.05) is 40.0 Å². The topological polar surface area (TPSA) is 26.0 Å². The van der Waals surface area contributed by atoms with E-state index in [4.69, 9.17) is 5.73 Å². The van der Waals surface area contributed by atoms with Crippen molar-refractivity contribution < 1.29 is 0 Å². The Morgan fingerprint density at radius 2 is 1.89 bits per heavy atom. The molecule has 1 rings (SSSR count). The van der Waals surface area contributed by atoms with Crippen molar-refractivity contribution in [2.75, 3.05) is 6.26 Å². The molecule has 0 aromatic heterocycles. The second-order valence-electron chi connectivity index (χ2n) is 6.11. The molecule has 1 atom stereocenters. The SMILES string of the molecule is CCCCC[C@](CC)(SC)/C(N)=C(\C)C1(C)CC1. The first-order chi connectivity index (χ1) is 8.45. The molecule has 0 aliphatic heterocycles. The minimum Gasteiger partial charge on any atom is -0.401 e. The molecule has 0 aromatic rings. The Hall–Kier alpha value is -0.110. The number of thioether (sulfide) groups is 1. The number of unbranched alkanes of at least 4 members (excludes halogenated alkanes) is 2. The lowest BCUT2D eigenvalue weighted by molar-refractivity contribution is 0.525. The second-order valence-corrected chi connectivity index (χ2v) is 7.30. The Balaban J connectivity index is 2.88. The Kier molecular flexibility index (Phi) is 5.64. The normalized spacial score (nSPS) is 22.3. The first-order valence-electron chi connectivity index (χ1n) is 7.48. The molecule has 1 fully saturated rings. The molecule has 2 heteroatoms. The highest BCUT2D eigenvalue weighted by Gasteiger charge is 2.43. The maximum Gasteiger partial charge on any atom is 0.0547 e. The predicted octanol–water partition coefficient (Wildman–Crippen LogP) is 5.11. The van der Waals surface area contributed by atoms with Crippen LogP contribution in [0.3, 0.4) is 0 Å². The fourth-order valence-corrected chi connectivity index (χ4v) is 3.76. The van der Waals surface area contributed by atoms with E-state index in [2.05, 4.69) is 34.0 Å². The molecule has 0 unspecified atom stereocenters. The zero-order chi connectivity index (χ0) is 13.8. The molecule has 0 radical (unpaired) electrons. The van der Waals surface area contributed by atoms with Gasteiger partial charge in [-0.3, -0.25) is 0 Å². The summed E-state index contributed by atoms with van der Waals surface area (Å²) in [7, 11) is 0. The third kappa shape index (κ3) is 3.26. The lowest BCUT2D eigenvalue weighted by Gasteiger charge is -2.34. The minimum absolute atomic E-state index is 0.185. The van der Waals surface area contributed by atoms with Gasteiger partial charge in [-0.2, -0.15) is 11.8 Å². The molecule has 0 amide bonds. The number of hydrogen-bond acceptors (Lipinski definition) is 2. The van der Waals surface area contributed by atoms with Crippen LogP contribution in [0.5, 0.6) is 0 Å². The van der Waals surface area contributed by atoms with Crippen molar-refractivity contribution in [1.29, 1.82) is 0 Å². The Morgan fingerprint density at radius 3 is 2.28 bits per heavy atom. The van der Waals surface area contributed by atoms with Crippen LogP contribution in [0.15, 0.2) is 11.3 Å². The zero-order valence-corrected chi connectivity index (χ0v) is 13.8. The van der Waals surface area contributed by atoms with Crippen molar-refractivity contribution >= 4 is 11.8 Å². The summed E-state index contributed by atoms with van der Waals surface area (Å²) in [6, 6.07) is 0. The van der Waals surface area contributed by atoms with Gasteiger partial charge < -0.3 is 5.73 Å². The third-order valence-corrected chi connectivity index (χ3v) is 6.44. The highest BCUT2D eigenvalue weighted by atomic mass is 32.2. The largest absolute Gasteiger partial charge is 0.401 e. The van der Waals surface area contributed by atoms with Crippen LogP contribution in [0.2, 0.25) is 0 Å². The number of allylic oxidation sites excluding steroid dienone is 1. The average molecular weight is 269 g/mol. The molecule has 0 bridgehead atoms. The van der Waals surface area contributed by atoms with Gasteiger partial charge in [0.25, 0.3) is 0 Å². The van der Waals surface area contributed by atoms with E-state index >= 15 is 0 Å². The lowest BCUT2D eigenvalue weighted by Crippen LogP contribution is -2.33. The summed E-state index contributed by atoms with van der Waals surface area (Å²) in [6.07, 6.45) is 11.2. The molecule has 1 aliphatic carbocycles. The molecule has 1 saturated carbocycles. The van der Waals surface area contributed by atoms with Gasteiger partial charge in [0.05, 0.1) is 4.75 Å². The van der Waals surface area contributed by atoms with Gasteiger partial charge in [-0.25, -0.2) is 0 Å². The van der Waals surface area contributed by atoms with Crippen LogP contribution >= 0.6 is 11.8 Å². The molecular formula is C16H31NS. The van der Waals surface area contributed by atoms with E-state index in [0.717, 1.165) is 6.42 Å². The summed E-state index contributed by atoms with van der Waals surface area (Å²) < 4.78 is 0.185. The summed E-state index contributed by atoms with van der Waals surface area (Å²) in [5.74, 6) is 0. The van der Waals surface area contributed by atoms with Crippen LogP contribution < -0.4 is 5.73 Å². The maximum absolute atomic E-state index is 6.58. The second kappa shape index (κ2) is 6.36. The van der Waals surface area contributed by atoms with E-state index in [9.17, 15) is 0 Å². The van der Waals surface area contributed by atoms with Crippen LogP contribution in [-0.2, 0) is 0 Å². The smallest absolute Gasteiger partial charge is 0.0547 e. The van der Waals surface area contributed by atoms with Gasteiger partial charge in [-0.15, -0.1) is 0 Å². The Bertz CT molecular complexity index is 298. The summed E-state index contributed by atoms with van der Waals surface area (Å²) in [6.45, 7) is 9.19. The molecular weight excluding hydrogens is 238 g/mol. The third-order valence-electron chi connectivity index (χ3n) is 4.95. The van der Waals surface area contributed by atoms with Crippen LogP contribution in [0.1, 0.15) is 72.6 Å². The van der Waals surface area contributed by atoms with Gasteiger partial charge in [0.2, 0.25) is 0 Å². The van der Waals surface area contributed by atoms with Gasteiger partial charge in [0, 0.05) is 5.70 Å². The molecule has 1 aliphatic rings. The molecule has 18 heavy (non-hydrogen) atoms. The van der Waals surface area contributed by atoms with Gasteiger partial charge >= 0.3 is 0 Å². The van der Waals surface area contributed by atoms with E-state index in [1.165, 1.54) is 49.8 Å². The lowest BCUT2D eigenvalue weighted by atomic mass is 9.87. The van der Waals surface area contributed by atoms with Gasteiger partial charge in [0.15, 0.2) is 0 Å². The molecule has 106 valence electrons. The molecule has 0 aromatic carbocycles. The van der Waals surface area contributed by atoms with Gasteiger partial charge in [0.1, 0.15) is 0 Å². The van der Waals surface area contributed by atoms with Crippen LogP contribution in [0.25, 0.3) is 0 Å². The molecule has 1 nitrogen and oxygen atoms in total. The fraction of sp³-hybridized carbons (Fsp3) is 0.875. The van der Waals surface area contributed by atoms with Crippen molar-refractivity contribution in [3.8, 4) is 0 Å². The van der Waals surface area contributed by atoms with E-state index in [-0.39, 0.29) is 4.75 Å². The first-order valence-corrected chi connectivity index (χ1v) is 8.70. The standard InChI is InChI=1S/C16H31NS/c1-6-8-9-10-16(7-2,18-5)14(17)13(3)15(4)11-12-15/h6-12,17H2,1-5H3/b14-13-/t16-/m0/s1. The highest BCUT2D eigenvalue weighted by molar-refractivity contribution is 8.00.